The number of anilines is 1. The number of rotatable bonds is 8. The highest BCUT2D eigenvalue weighted by Gasteiger charge is 2.45. The molecule has 170 valence electrons. The van der Waals surface area contributed by atoms with Crippen LogP contribution in [0.25, 0.3) is 5.76 Å². The van der Waals surface area contributed by atoms with Crippen LogP contribution in [0.1, 0.15) is 29.2 Å². The van der Waals surface area contributed by atoms with E-state index in [-0.39, 0.29) is 11.3 Å². The number of aliphatic hydroxyl groups excluding tert-OH is 1. The van der Waals surface area contributed by atoms with Gasteiger partial charge in [-0.1, -0.05) is 12.1 Å². The number of likely N-dealkylation sites (tertiary alicyclic amines) is 1. The molecule has 1 unspecified atom stereocenters. The van der Waals surface area contributed by atoms with Crippen molar-refractivity contribution < 1.29 is 24.2 Å². The highest BCUT2D eigenvalue weighted by Crippen LogP contribution is 2.40. The fourth-order valence-corrected chi connectivity index (χ4v) is 3.97. The van der Waals surface area contributed by atoms with Crippen molar-refractivity contribution in [3.05, 3.63) is 64.7 Å². The minimum Gasteiger partial charge on any atom is -0.507 e. The average molecular weight is 439 g/mol. The van der Waals surface area contributed by atoms with Crippen LogP contribution in [0.2, 0.25) is 0 Å². The molecule has 0 saturated carbocycles. The van der Waals surface area contributed by atoms with Crippen LogP contribution in [-0.4, -0.2) is 63.2 Å². The molecular weight excluding hydrogens is 408 g/mol. The second-order valence-electron chi connectivity index (χ2n) is 8.01. The molecule has 2 aromatic rings. The normalized spacial score (nSPS) is 17.7. The van der Waals surface area contributed by atoms with E-state index in [2.05, 4.69) is 0 Å². The number of aryl methyl sites for hydroxylation is 1. The van der Waals surface area contributed by atoms with Gasteiger partial charge in [0.2, 0.25) is 0 Å². The van der Waals surface area contributed by atoms with E-state index in [1.54, 1.807) is 32.4 Å². The zero-order valence-electron chi connectivity index (χ0n) is 19.2. The predicted molar refractivity (Wildman–Crippen MR) is 124 cm³/mol. The molecular formula is C25H30N2O5. The Morgan fingerprint density at radius 3 is 2.34 bits per heavy atom. The van der Waals surface area contributed by atoms with Gasteiger partial charge in [-0.15, -0.1) is 0 Å². The van der Waals surface area contributed by atoms with E-state index in [9.17, 15) is 14.7 Å². The maximum Gasteiger partial charge on any atom is 0.295 e. The molecule has 7 heteroatoms. The number of carbonyl (C=O) groups is 2. The molecule has 1 amide bonds. The first-order valence-electron chi connectivity index (χ1n) is 10.5. The van der Waals surface area contributed by atoms with Gasteiger partial charge >= 0.3 is 0 Å². The first kappa shape index (κ1) is 23.3. The van der Waals surface area contributed by atoms with E-state index in [0.717, 1.165) is 16.8 Å². The van der Waals surface area contributed by atoms with Crippen LogP contribution in [0.3, 0.4) is 0 Å². The molecule has 3 rings (SSSR count). The summed E-state index contributed by atoms with van der Waals surface area (Å²) in [4.78, 5) is 29.5. The molecule has 0 spiro atoms. The lowest BCUT2D eigenvalue weighted by atomic mass is 9.93. The quantitative estimate of drug-likeness (QED) is 0.294. The summed E-state index contributed by atoms with van der Waals surface area (Å²) in [5.74, 6) is -0.832. The van der Waals surface area contributed by atoms with E-state index in [4.69, 9.17) is 9.47 Å². The van der Waals surface area contributed by atoms with Gasteiger partial charge in [-0.05, 0) is 54.8 Å². The monoisotopic (exact) mass is 438 g/mol. The average Bonchev–Trinajstić information content (AvgIpc) is 3.03. The van der Waals surface area contributed by atoms with Gasteiger partial charge in [0.15, 0.2) is 0 Å². The molecule has 32 heavy (non-hydrogen) atoms. The molecule has 1 fully saturated rings. The van der Waals surface area contributed by atoms with E-state index >= 15 is 0 Å². The summed E-state index contributed by atoms with van der Waals surface area (Å²) >= 11 is 0. The summed E-state index contributed by atoms with van der Waals surface area (Å²) < 4.78 is 10.4. The summed E-state index contributed by atoms with van der Waals surface area (Å²) in [5, 5.41) is 11.2. The minimum absolute atomic E-state index is 0.0956. The molecule has 0 aromatic heterocycles. The zero-order valence-corrected chi connectivity index (χ0v) is 19.2. The Labute approximate surface area is 188 Å². The number of ether oxygens (including phenoxy) is 2. The van der Waals surface area contributed by atoms with Gasteiger partial charge < -0.3 is 24.4 Å². The Balaban J connectivity index is 2.13. The SMILES string of the molecule is COCCCN1C(=O)C(=O)/C(=C(\O)c2ccc(OC)cc2C)C1c1ccc(N(C)C)cc1. The Morgan fingerprint density at radius 2 is 1.78 bits per heavy atom. The lowest BCUT2D eigenvalue weighted by molar-refractivity contribution is -0.140. The first-order chi connectivity index (χ1) is 15.3. The highest BCUT2D eigenvalue weighted by molar-refractivity contribution is 6.46. The lowest BCUT2D eigenvalue weighted by Gasteiger charge is -2.26. The Bertz CT molecular complexity index is 1030. The molecule has 1 heterocycles. The highest BCUT2D eigenvalue weighted by atomic mass is 16.5. The number of aliphatic hydroxyl groups is 1. The number of Topliss-reactive ketones (excluding diaryl/α,β-unsaturated/α-hetero) is 1. The fraction of sp³-hybridized carbons (Fsp3) is 0.360. The van der Waals surface area contributed by atoms with Gasteiger partial charge in [0.25, 0.3) is 11.7 Å². The van der Waals surface area contributed by atoms with Gasteiger partial charge in [0.05, 0.1) is 18.7 Å². The third kappa shape index (κ3) is 4.48. The standard InChI is InChI=1S/C25H30N2O5/c1-16-15-19(32-5)11-12-20(16)23(28)21-22(17-7-9-18(10-8-17)26(2)3)27(13-6-14-31-4)25(30)24(21)29/h7-12,15,22,28H,6,13-14H2,1-5H3/b23-21-. The molecule has 0 aliphatic carbocycles. The summed E-state index contributed by atoms with van der Waals surface area (Å²) in [7, 11) is 7.05. The third-order valence-corrected chi connectivity index (χ3v) is 5.70. The smallest absolute Gasteiger partial charge is 0.295 e. The van der Waals surface area contributed by atoms with Gasteiger partial charge in [0.1, 0.15) is 11.5 Å². The van der Waals surface area contributed by atoms with Crippen molar-refractivity contribution >= 4 is 23.1 Å². The van der Waals surface area contributed by atoms with Crippen molar-refractivity contribution in [3.63, 3.8) is 0 Å². The van der Waals surface area contributed by atoms with Gasteiger partial charge in [-0.25, -0.2) is 0 Å². The molecule has 2 aromatic carbocycles. The molecule has 1 aliphatic heterocycles. The van der Waals surface area contributed by atoms with Crippen LogP contribution in [0.5, 0.6) is 5.75 Å². The Morgan fingerprint density at radius 1 is 1.09 bits per heavy atom. The lowest BCUT2D eigenvalue weighted by Crippen LogP contribution is -2.31. The van der Waals surface area contributed by atoms with Gasteiger partial charge in [-0.3, -0.25) is 9.59 Å². The topological polar surface area (TPSA) is 79.3 Å². The van der Waals surface area contributed by atoms with Crippen LogP contribution in [0.4, 0.5) is 5.69 Å². The van der Waals surface area contributed by atoms with Crippen LogP contribution in [0, 0.1) is 6.92 Å². The minimum atomic E-state index is -0.683. The molecule has 1 atom stereocenters. The van der Waals surface area contributed by atoms with Crippen LogP contribution < -0.4 is 9.64 Å². The molecule has 0 radical (unpaired) electrons. The fourth-order valence-electron chi connectivity index (χ4n) is 3.97. The van der Waals surface area contributed by atoms with Crippen LogP contribution in [-0.2, 0) is 14.3 Å². The first-order valence-corrected chi connectivity index (χ1v) is 10.5. The van der Waals surface area contributed by atoms with E-state index in [1.807, 2.05) is 50.2 Å². The Kier molecular flexibility index (Phi) is 7.20. The summed E-state index contributed by atoms with van der Waals surface area (Å²) in [6.45, 7) is 2.64. The summed E-state index contributed by atoms with van der Waals surface area (Å²) in [6, 6.07) is 12.2. The van der Waals surface area contributed by atoms with E-state index in [0.29, 0.717) is 30.9 Å². The number of methoxy groups -OCH3 is 2. The van der Waals surface area contributed by atoms with Crippen molar-refractivity contribution in [2.24, 2.45) is 0 Å². The number of benzene rings is 2. The number of hydrogen-bond acceptors (Lipinski definition) is 6. The molecule has 1 N–H and O–H groups in total. The predicted octanol–water partition coefficient (Wildman–Crippen LogP) is 3.53. The van der Waals surface area contributed by atoms with Crippen LogP contribution >= 0.6 is 0 Å². The second kappa shape index (κ2) is 9.87. The van der Waals surface area contributed by atoms with Crippen molar-refractivity contribution in [1.82, 2.24) is 4.90 Å². The molecule has 7 nitrogen and oxygen atoms in total. The summed E-state index contributed by atoms with van der Waals surface area (Å²) in [6.07, 6.45) is 0.581. The molecule has 1 saturated heterocycles. The zero-order chi connectivity index (χ0) is 23.4. The van der Waals surface area contributed by atoms with Crippen molar-refractivity contribution in [2.75, 3.05) is 46.4 Å². The second-order valence-corrected chi connectivity index (χ2v) is 8.01. The number of nitrogens with zero attached hydrogens (tertiary/aromatic N) is 2. The molecule has 1 aliphatic rings. The number of ketones is 1. The largest absolute Gasteiger partial charge is 0.507 e. The van der Waals surface area contributed by atoms with Crippen molar-refractivity contribution in [1.29, 1.82) is 0 Å². The van der Waals surface area contributed by atoms with Crippen LogP contribution in [0.15, 0.2) is 48.0 Å². The van der Waals surface area contributed by atoms with Crippen molar-refractivity contribution in [2.45, 2.75) is 19.4 Å². The van der Waals surface area contributed by atoms with E-state index in [1.165, 1.54) is 4.90 Å². The third-order valence-electron chi connectivity index (χ3n) is 5.70. The molecule has 0 bridgehead atoms. The van der Waals surface area contributed by atoms with Gasteiger partial charge in [-0.2, -0.15) is 0 Å². The van der Waals surface area contributed by atoms with Crippen molar-refractivity contribution in [3.8, 4) is 5.75 Å². The number of amides is 1. The van der Waals surface area contributed by atoms with E-state index < -0.39 is 17.7 Å². The van der Waals surface area contributed by atoms with Gasteiger partial charge in [0, 0.05) is 45.6 Å². The maximum absolute atomic E-state index is 13.1. The maximum atomic E-state index is 13.1. The number of carbonyl (C=O) groups excluding carboxylic acids is 2. The number of hydrogen-bond donors (Lipinski definition) is 1. The Hall–Kier alpha value is -3.32. The summed E-state index contributed by atoms with van der Waals surface area (Å²) in [5.41, 5.74) is 3.10.